The number of hydrogen-bond acceptors (Lipinski definition) is 2. The Morgan fingerprint density at radius 3 is 2.29 bits per heavy atom. The van der Waals surface area contributed by atoms with Gasteiger partial charge in [-0.05, 0) is 48.8 Å². The second kappa shape index (κ2) is 6.83. The third kappa shape index (κ3) is 4.23. The van der Waals surface area contributed by atoms with Gasteiger partial charge in [0.05, 0.1) is 7.11 Å². The Kier molecular flexibility index (Phi) is 5.32. The van der Waals surface area contributed by atoms with Crippen LogP contribution in [0.5, 0.6) is 5.75 Å². The second-order valence-corrected chi connectivity index (χ2v) is 7.52. The van der Waals surface area contributed by atoms with Gasteiger partial charge in [-0.15, -0.1) is 0 Å². The zero-order valence-electron chi connectivity index (χ0n) is 14.3. The molecule has 1 aliphatic carbocycles. The Labute approximate surface area is 130 Å². The summed E-state index contributed by atoms with van der Waals surface area (Å²) in [5.74, 6) is 1.70. The third-order valence-electron chi connectivity index (χ3n) is 4.96. The molecule has 0 radical (unpaired) electrons. The van der Waals surface area contributed by atoms with E-state index in [1.165, 1.54) is 31.2 Å². The van der Waals surface area contributed by atoms with Crippen molar-refractivity contribution in [1.82, 2.24) is 5.32 Å². The molecular weight excluding hydrogens is 258 g/mol. The normalized spacial score (nSPS) is 24.6. The zero-order chi connectivity index (χ0) is 15.5. The van der Waals surface area contributed by atoms with Gasteiger partial charge in [0.2, 0.25) is 0 Å². The molecule has 1 saturated carbocycles. The summed E-state index contributed by atoms with van der Waals surface area (Å²) in [5, 5.41) is 3.89. The van der Waals surface area contributed by atoms with Gasteiger partial charge < -0.3 is 10.1 Å². The van der Waals surface area contributed by atoms with E-state index in [1.807, 2.05) is 0 Å². The van der Waals surface area contributed by atoms with Gasteiger partial charge in [-0.25, -0.2) is 0 Å². The highest BCUT2D eigenvalue weighted by molar-refractivity contribution is 5.28. The first-order chi connectivity index (χ1) is 9.91. The molecular formula is C19H31NO. The maximum atomic E-state index is 5.24. The minimum atomic E-state index is 0.387. The van der Waals surface area contributed by atoms with Gasteiger partial charge >= 0.3 is 0 Å². The third-order valence-corrected chi connectivity index (χ3v) is 4.96. The number of rotatable bonds is 4. The van der Waals surface area contributed by atoms with Crippen molar-refractivity contribution in [2.24, 2.45) is 11.3 Å². The number of benzene rings is 1. The number of nitrogens with one attached hydrogen (secondary N) is 1. The SMILES string of the molecule is COc1ccc([C@@H](C)NC2CCCCC2C(C)(C)C)cc1. The number of ether oxygens (including phenoxy) is 1. The van der Waals surface area contributed by atoms with Crippen molar-refractivity contribution in [3.8, 4) is 5.75 Å². The van der Waals surface area contributed by atoms with Gasteiger partial charge in [0, 0.05) is 12.1 Å². The molecule has 3 atom stereocenters. The topological polar surface area (TPSA) is 21.3 Å². The van der Waals surface area contributed by atoms with Gasteiger partial charge in [0.1, 0.15) is 5.75 Å². The highest BCUT2D eigenvalue weighted by Crippen LogP contribution is 2.38. The van der Waals surface area contributed by atoms with Crippen LogP contribution in [-0.2, 0) is 0 Å². The average Bonchev–Trinajstić information content (AvgIpc) is 2.47. The van der Waals surface area contributed by atoms with Crippen LogP contribution < -0.4 is 10.1 Å². The van der Waals surface area contributed by atoms with Crippen LogP contribution in [-0.4, -0.2) is 13.2 Å². The summed E-state index contributed by atoms with van der Waals surface area (Å²) < 4.78 is 5.24. The largest absolute Gasteiger partial charge is 0.497 e. The molecule has 2 heteroatoms. The Morgan fingerprint density at radius 1 is 1.10 bits per heavy atom. The van der Waals surface area contributed by atoms with Crippen LogP contribution in [0.2, 0.25) is 0 Å². The van der Waals surface area contributed by atoms with E-state index in [4.69, 9.17) is 4.74 Å². The molecule has 2 nitrogen and oxygen atoms in total. The van der Waals surface area contributed by atoms with Crippen LogP contribution in [0.25, 0.3) is 0 Å². The molecule has 2 rings (SSSR count). The molecule has 1 N–H and O–H groups in total. The van der Waals surface area contributed by atoms with Crippen molar-refractivity contribution in [2.45, 2.75) is 65.5 Å². The monoisotopic (exact) mass is 289 g/mol. The van der Waals surface area contributed by atoms with E-state index in [2.05, 4.69) is 57.3 Å². The van der Waals surface area contributed by atoms with Crippen LogP contribution in [0, 0.1) is 11.3 Å². The van der Waals surface area contributed by atoms with Crippen molar-refractivity contribution in [3.63, 3.8) is 0 Å². The van der Waals surface area contributed by atoms with Crippen LogP contribution in [0.4, 0.5) is 0 Å². The Balaban J connectivity index is 2.03. The highest BCUT2D eigenvalue weighted by atomic mass is 16.5. The predicted molar refractivity (Wildman–Crippen MR) is 89.7 cm³/mol. The Hall–Kier alpha value is -1.02. The molecule has 0 bridgehead atoms. The van der Waals surface area contributed by atoms with E-state index >= 15 is 0 Å². The second-order valence-electron chi connectivity index (χ2n) is 7.52. The standard InChI is InChI=1S/C19H31NO/c1-14(15-10-12-16(21-5)13-11-15)20-18-9-7-6-8-17(18)19(2,3)4/h10-14,17-18,20H,6-9H2,1-5H3/t14-,17?,18?/m1/s1. The van der Waals surface area contributed by atoms with Crippen LogP contribution >= 0.6 is 0 Å². The molecule has 0 heterocycles. The van der Waals surface area contributed by atoms with Crippen LogP contribution in [0.15, 0.2) is 24.3 Å². The first-order valence-corrected chi connectivity index (χ1v) is 8.32. The molecule has 118 valence electrons. The van der Waals surface area contributed by atoms with Gasteiger partial charge in [-0.1, -0.05) is 45.7 Å². The van der Waals surface area contributed by atoms with Crippen molar-refractivity contribution in [2.75, 3.05) is 7.11 Å². The molecule has 1 fully saturated rings. The van der Waals surface area contributed by atoms with E-state index < -0.39 is 0 Å². The predicted octanol–water partition coefficient (Wildman–Crippen LogP) is 4.95. The summed E-state index contributed by atoms with van der Waals surface area (Å²) in [5.41, 5.74) is 1.73. The van der Waals surface area contributed by atoms with E-state index in [0.29, 0.717) is 17.5 Å². The van der Waals surface area contributed by atoms with E-state index in [1.54, 1.807) is 7.11 Å². The first kappa shape index (κ1) is 16.4. The van der Waals surface area contributed by atoms with Crippen molar-refractivity contribution < 1.29 is 4.74 Å². The lowest BCUT2D eigenvalue weighted by Crippen LogP contribution is -2.45. The van der Waals surface area contributed by atoms with Gasteiger partial charge in [-0.2, -0.15) is 0 Å². The minimum absolute atomic E-state index is 0.387. The summed E-state index contributed by atoms with van der Waals surface area (Å²) >= 11 is 0. The lowest BCUT2D eigenvalue weighted by atomic mass is 9.69. The molecule has 1 aromatic rings. The number of methoxy groups -OCH3 is 1. The maximum Gasteiger partial charge on any atom is 0.118 e. The fraction of sp³-hybridized carbons (Fsp3) is 0.684. The minimum Gasteiger partial charge on any atom is -0.497 e. The molecule has 0 saturated heterocycles. The average molecular weight is 289 g/mol. The molecule has 0 amide bonds. The number of hydrogen-bond donors (Lipinski definition) is 1. The fourth-order valence-electron chi connectivity index (χ4n) is 3.68. The smallest absolute Gasteiger partial charge is 0.118 e. The summed E-state index contributed by atoms with van der Waals surface area (Å²) in [6, 6.07) is 9.47. The molecule has 21 heavy (non-hydrogen) atoms. The summed E-state index contributed by atoms with van der Waals surface area (Å²) in [6.07, 6.45) is 5.41. The molecule has 0 spiro atoms. The maximum absolute atomic E-state index is 5.24. The van der Waals surface area contributed by atoms with Crippen LogP contribution in [0.3, 0.4) is 0 Å². The molecule has 1 aromatic carbocycles. The van der Waals surface area contributed by atoms with Crippen LogP contribution in [0.1, 0.15) is 65.0 Å². The van der Waals surface area contributed by atoms with E-state index in [0.717, 1.165) is 11.7 Å². The van der Waals surface area contributed by atoms with Crippen molar-refractivity contribution >= 4 is 0 Å². The molecule has 0 aliphatic heterocycles. The van der Waals surface area contributed by atoms with E-state index in [-0.39, 0.29) is 0 Å². The summed E-state index contributed by atoms with van der Waals surface area (Å²) in [7, 11) is 1.71. The van der Waals surface area contributed by atoms with Gasteiger partial charge in [-0.3, -0.25) is 0 Å². The van der Waals surface area contributed by atoms with Crippen molar-refractivity contribution in [3.05, 3.63) is 29.8 Å². The molecule has 1 aliphatic rings. The molecule has 2 unspecified atom stereocenters. The lowest BCUT2D eigenvalue weighted by molar-refractivity contribution is 0.124. The quantitative estimate of drug-likeness (QED) is 0.846. The fourth-order valence-corrected chi connectivity index (χ4v) is 3.68. The Bertz CT molecular complexity index is 432. The summed E-state index contributed by atoms with van der Waals surface area (Å²) in [4.78, 5) is 0. The first-order valence-electron chi connectivity index (χ1n) is 8.32. The molecule has 0 aromatic heterocycles. The van der Waals surface area contributed by atoms with E-state index in [9.17, 15) is 0 Å². The van der Waals surface area contributed by atoms with Gasteiger partial charge in [0.25, 0.3) is 0 Å². The Morgan fingerprint density at radius 2 is 1.71 bits per heavy atom. The lowest BCUT2D eigenvalue weighted by Gasteiger charge is -2.42. The summed E-state index contributed by atoms with van der Waals surface area (Å²) in [6.45, 7) is 9.43. The highest BCUT2D eigenvalue weighted by Gasteiger charge is 2.34. The zero-order valence-corrected chi connectivity index (χ0v) is 14.3. The van der Waals surface area contributed by atoms with Gasteiger partial charge in [0.15, 0.2) is 0 Å². The van der Waals surface area contributed by atoms with Crippen molar-refractivity contribution in [1.29, 1.82) is 0 Å².